The van der Waals surface area contributed by atoms with E-state index in [4.69, 9.17) is 9.47 Å². The van der Waals surface area contributed by atoms with Crippen LogP contribution in [0.3, 0.4) is 0 Å². The molecule has 4 fully saturated rings. The first kappa shape index (κ1) is 15.8. The Hall–Kier alpha value is -0.120. The first-order chi connectivity index (χ1) is 10.1. The molecule has 0 spiro atoms. The average Bonchev–Trinajstić information content (AvgIpc) is 2.40. The van der Waals surface area contributed by atoms with E-state index in [0.29, 0.717) is 17.6 Å². The maximum absolute atomic E-state index is 5.94. The summed E-state index contributed by atoms with van der Waals surface area (Å²) < 4.78 is 11.5. The van der Waals surface area contributed by atoms with Crippen LogP contribution in [0.1, 0.15) is 52.4 Å². The molecule has 1 unspecified atom stereocenters. The Balaban J connectivity index is 1.51. The summed E-state index contributed by atoms with van der Waals surface area (Å²) in [5, 5.41) is 3.59. The van der Waals surface area contributed by atoms with Gasteiger partial charge in [0.15, 0.2) is 0 Å². The lowest BCUT2D eigenvalue weighted by Gasteiger charge is -2.59. The molecule has 0 aromatic heterocycles. The molecule has 0 radical (unpaired) electrons. The number of ether oxygens (including phenoxy) is 2. The molecule has 0 aromatic rings. The maximum Gasteiger partial charge on any atom is 0.0703 e. The monoisotopic (exact) mass is 295 g/mol. The Morgan fingerprint density at radius 1 is 1.00 bits per heavy atom. The van der Waals surface area contributed by atoms with Crippen LogP contribution in [0.4, 0.5) is 0 Å². The first-order valence-corrected chi connectivity index (χ1v) is 8.98. The second-order valence-electron chi connectivity index (χ2n) is 8.12. The van der Waals surface area contributed by atoms with Gasteiger partial charge in [-0.1, -0.05) is 0 Å². The normalized spacial score (nSPS) is 39.1. The van der Waals surface area contributed by atoms with E-state index >= 15 is 0 Å². The van der Waals surface area contributed by atoms with E-state index in [1.165, 1.54) is 38.5 Å². The minimum Gasteiger partial charge on any atom is -0.377 e. The van der Waals surface area contributed by atoms with E-state index in [-0.39, 0.29) is 0 Å². The zero-order valence-corrected chi connectivity index (χ0v) is 14.1. The molecule has 4 rings (SSSR count). The molecule has 122 valence electrons. The van der Waals surface area contributed by atoms with E-state index in [9.17, 15) is 0 Å². The van der Waals surface area contributed by atoms with Crippen molar-refractivity contribution >= 4 is 0 Å². The van der Waals surface area contributed by atoms with Gasteiger partial charge in [-0.3, -0.25) is 0 Å². The number of hydrogen-bond donors (Lipinski definition) is 1. The third-order valence-electron chi connectivity index (χ3n) is 6.14. The molecule has 1 atom stereocenters. The minimum atomic E-state index is 0.303. The van der Waals surface area contributed by atoms with Crippen LogP contribution in [0.2, 0.25) is 0 Å². The van der Waals surface area contributed by atoms with Crippen molar-refractivity contribution in [2.75, 3.05) is 26.9 Å². The van der Waals surface area contributed by atoms with E-state index < -0.39 is 0 Å². The van der Waals surface area contributed by atoms with E-state index in [1.54, 1.807) is 0 Å². The van der Waals surface area contributed by atoms with Crippen molar-refractivity contribution in [3.8, 4) is 0 Å². The molecule has 0 aliphatic heterocycles. The summed E-state index contributed by atoms with van der Waals surface area (Å²) in [5.41, 5.74) is 0.530. The standard InChI is InChI=1S/C18H33NO2/c1-13(2)21-5-4-20-12-17(19-3)18-9-14-6-15(10-18)8-16(7-14)11-18/h13-17,19H,4-12H2,1-3H3. The van der Waals surface area contributed by atoms with E-state index in [0.717, 1.165) is 37.6 Å². The molecule has 0 saturated heterocycles. The molecule has 0 heterocycles. The van der Waals surface area contributed by atoms with Gasteiger partial charge in [0.05, 0.1) is 25.9 Å². The Kier molecular flexibility index (Phi) is 4.92. The molecule has 0 amide bonds. The highest BCUT2D eigenvalue weighted by Crippen LogP contribution is 2.61. The Labute approximate surface area is 130 Å². The topological polar surface area (TPSA) is 30.5 Å². The van der Waals surface area contributed by atoms with Crippen molar-refractivity contribution in [2.24, 2.45) is 23.2 Å². The van der Waals surface area contributed by atoms with Crippen LogP contribution in [0.25, 0.3) is 0 Å². The van der Waals surface area contributed by atoms with Crippen LogP contribution in [-0.4, -0.2) is 39.0 Å². The molecule has 4 aliphatic rings. The van der Waals surface area contributed by atoms with Gasteiger partial charge in [-0.2, -0.15) is 0 Å². The van der Waals surface area contributed by atoms with Gasteiger partial charge in [0.1, 0.15) is 0 Å². The van der Waals surface area contributed by atoms with E-state index in [2.05, 4.69) is 26.2 Å². The fraction of sp³-hybridized carbons (Fsp3) is 1.00. The van der Waals surface area contributed by atoms with Crippen molar-refractivity contribution in [1.29, 1.82) is 0 Å². The summed E-state index contributed by atoms with van der Waals surface area (Å²) in [6.45, 7) is 6.44. The fourth-order valence-corrected chi connectivity index (χ4v) is 5.71. The quantitative estimate of drug-likeness (QED) is 0.697. The first-order valence-electron chi connectivity index (χ1n) is 8.98. The second-order valence-corrected chi connectivity index (χ2v) is 8.12. The SMILES string of the molecule is CNC(COCCOC(C)C)C12CC3CC(CC(C3)C1)C2. The third kappa shape index (κ3) is 3.46. The Morgan fingerprint density at radius 2 is 1.57 bits per heavy atom. The van der Waals surface area contributed by atoms with Gasteiger partial charge < -0.3 is 14.8 Å². The molecule has 4 bridgehead atoms. The highest BCUT2D eigenvalue weighted by atomic mass is 16.5. The van der Waals surface area contributed by atoms with Crippen LogP contribution in [-0.2, 0) is 9.47 Å². The predicted molar refractivity (Wildman–Crippen MR) is 85.4 cm³/mol. The van der Waals surface area contributed by atoms with Crippen LogP contribution in [0, 0.1) is 23.2 Å². The van der Waals surface area contributed by atoms with Crippen molar-refractivity contribution in [3.63, 3.8) is 0 Å². The third-order valence-corrected chi connectivity index (χ3v) is 6.14. The van der Waals surface area contributed by atoms with Gasteiger partial charge in [-0.25, -0.2) is 0 Å². The van der Waals surface area contributed by atoms with Crippen LogP contribution in [0.5, 0.6) is 0 Å². The van der Waals surface area contributed by atoms with Gasteiger partial charge in [0, 0.05) is 6.04 Å². The van der Waals surface area contributed by atoms with Crippen molar-refractivity contribution < 1.29 is 9.47 Å². The van der Waals surface area contributed by atoms with Gasteiger partial charge >= 0.3 is 0 Å². The lowest BCUT2D eigenvalue weighted by Crippen LogP contribution is -2.56. The van der Waals surface area contributed by atoms with Gasteiger partial charge in [-0.05, 0) is 82.6 Å². The molecule has 1 N–H and O–H groups in total. The molecule has 4 aliphatic carbocycles. The molecule has 21 heavy (non-hydrogen) atoms. The summed E-state index contributed by atoms with van der Waals surface area (Å²) in [6, 6.07) is 0.532. The van der Waals surface area contributed by atoms with Gasteiger partial charge in [-0.15, -0.1) is 0 Å². The zero-order valence-electron chi connectivity index (χ0n) is 14.1. The number of likely N-dealkylation sites (N-methyl/N-ethyl adjacent to an activating group) is 1. The Bertz CT molecular complexity index is 307. The lowest BCUT2D eigenvalue weighted by atomic mass is 9.48. The summed E-state index contributed by atoms with van der Waals surface area (Å²) in [4.78, 5) is 0. The molecule has 0 aromatic carbocycles. The smallest absolute Gasteiger partial charge is 0.0703 e. The summed E-state index contributed by atoms with van der Waals surface area (Å²) in [5.74, 6) is 3.03. The lowest BCUT2D eigenvalue weighted by molar-refractivity contribution is -0.0905. The average molecular weight is 295 g/mol. The van der Waals surface area contributed by atoms with Crippen LogP contribution < -0.4 is 5.32 Å². The maximum atomic E-state index is 5.94. The number of rotatable bonds is 8. The van der Waals surface area contributed by atoms with Gasteiger partial charge in [0.25, 0.3) is 0 Å². The minimum absolute atomic E-state index is 0.303. The molecule has 4 saturated carbocycles. The zero-order chi connectivity index (χ0) is 14.9. The highest BCUT2D eigenvalue weighted by Gasteiger charge is 2.53. The van der Waals surface area contributed by atoms with Crippen molar-refractivity contribution in [1.82, 2.24) is 5.32 Å². The second kappa shape index (κ2) is 6.55. The summed E-state index contributed by atoms with van der Waals surface area (Å²) in [6.07, 6.45) is 9.16. The van der Waals surface area contributed by atoms with Gasteiger partial charge in [0.2, 0.25) is 0 Å². The van der Waals surface area contributed by atoms with Crippen LogP contribution >= 0.6 is 0 Å². The van der Waals surface area contributed by atoms with Crippen molar-refractivity contribution in [3.05, 3.63) is 0 Å². The predicted octanol–water partition coefficient (Wildman–Crippen LogP) is 3.23. The molecular formula is C18H33NO2. The Morgan fingerprint density at radius 3 is 2.05 bits per heavy atom. The van der Waals surface area contributed by atoms with Crippen LogP contribution in [0.15, 0.2) is 0 Å². The molecule has 3 nitrogen and oxygen atoms in total. The number of hydrogen-bond acceptors (Lipinski definition) is 3. The van der Waals surface area contributed by atoms with E-state index in [1.807, 2.05) is 0 Å². The molecular weight excluding hydrogens is 262 g/mol. The summed E-state index contributed by atoms with van der Waals surface area (Å²) in [7, 11) is 2.12. The summed E-state index contributed by atoms with van der Waals surface area (Å²) >= 11 is 0. The fourth-order valence-electron chi connectivity index (χ4n) is 5.71. The molecule has 3 heteroatoms. The van der Waals surface area contributed by atoms with Crippen molar-refractivity contribution in [2.45, 2.75) is 64.5 Å². The highest BCUT2D eigenvalue weighted by molar-refractivity contribution is 5.05. The largest absolute Gasteiger partial charge is 0.377 e. The number of nitrogens with one attached hydrogen (secondary N) is 1.